The molecular formula is C42H48O2P+. The van der Waals surface area contributed by atoms with Crippen LogP contribution in [-0.2, 0) is 10.7 Å². The summed E-state index contributed by atoms with van der Waals surface area (Å²) in [5.74, 6) is 0. The molecule has 2 N–H and O–H groups in total. The van der Waals surface area contributed by atoms with Gasteiger partial charge >= 0.3 is 0 Å². The van der Waals surface area contributed by atoms with E-state index in [1.807, 2.05) is 24.3 Å². The van der Waals surface area contributed by atoms with Crippen LogP contribution in [0.4, 0.5) is 0 Å². The predicted octanol–water partition coefficient (Wildman–Crippen LogP) is 10.8. The van der Waals surface area contributed by atoms with Crippen molar-refractivity contribution in [2.24, 2.45) is 0 Å². The van der Waals surface area contributed by atoms with E-state index in [9.17, 15) is 10.2 Å². The van der Waals surface area contributed by atoms with E-state index in [1.54, 1.807) is 0 Å². The number of hydrogen-bond donors (Lipinski definition) is 2. The number of aliphatic hydroxyl groups is 2. The molecule has 2 aliphatic rings. The van der Waals surface area contributed by atoms with Gasteiger partial charge in [0.25, 0.3) is 0 Å². The van der Waals surface area contributed by atoms with Crippen LogP contribution in [0.15, 0.2) is 133 Å². The first kappa shape index (κ1) is 31.7. The molecule has 2 unspecified atom stereocenters. The lowest BCUT2D eigenvalue weighted by Crippen LogP contribution is -2.50. The highest BCUT2D eigenvalue weighted by molar-refractivity contribution is 7.79. The first-order valence-electron chi connectivity index (χ1n) is 17.0. The van der Waals surface area contributed by atoms with E-state index < -0.39 is 17.9 Å². The summed E-state index contributed by atoms with van der Waals surface area (Å²) in [5, 5.41) is 25.3. The predicted molar refractivity (Wildman–Crippen MR) is 192 cm³/mol. The summed E-state index contributed by atoms with van der Waals surface area (Å²) in [4.78, 5) is 0. The van der Waals surface area contributed by atoms with Crippen LogP contribution in [0.25, 0.3) is 12.2 Å². The molecule has 6 rings (SSSR count). The topological polar surface area (TPSA) is 40.5 Å². The Morgan fingerprint density at radius 3 is 1.09 bits per heavy atom. The molecule has 0 amide bonds. The molecule has 0 bridgehead atoms. The molecule has 0 radical (unpaired) electrons. The summed E-state index contributed by atoms with van der Waals surface area (Å²) >= 11 is 0. The summed E-state index contributed by atoms with van der Waals surface area (Å²) in [6.07, 6.45) is 19.5. The second-order valence-electron chi connectivity index (χ2n) is 13.0. The minimum atomic E-state index is -2.87. The molecule has 4 aromatic carbocycles. The van der Waals surface area contributed by atoms with Crippen LogP contribution in [0.5, 0.6) is 0 Å². The van der Waals surface area contributed by atoms with Crippen molar-refractivity contribution in [3.8, 4) is 0 Å². The third-order valence-corrected chi connectivity index (χ3v) is 16.8. The Kier molecular flexibility index (Phi) is 10.2. The maximum absolute atomic E-state index is 14.0. The fourth-order valence-corrected chi connectivity index (χ4v) is 15.9. The van der Waals surface area contributed by atoms with Crippen LogP contribution in [0.3, 0.4) is 0 Å². The highest BCUT2D eigenvalue weighted by Gasteiger charge is 2.75. The van der Waals surface area contributed by atoms with Crippen LogP contribution >= 0.6 is 7.26 Å². The van der Waals surface area contributed by atoms with Gasteiger partial charge in [0.1, 0.15) is 7.26 Å². The van der Waals surface area contributed by atoms with Crippen LogP contribution in [0.2, 0.25) is 0 Å². The second-order valence-corrected chi connectivity index (χ2v) is 17.4. The third kappa shape index (κ3) is 6.26. The highest BCUT2D eigenvalue weighted by atomic mass is 31.2. The van der Waals surface area contributed by atoms with Gasteiger partial charge in [-0.1, -0.05) is 146 Å². The number of rotatable bonds is 10. The van der Waals surface area contributed by atoms with Crippen LogP contribution < -0.4 is 0 Å². The lowest BCUT2D eigenvalue weighted by atomic mass is 9.99. The fourth-order valence-electron chi connectivity index (χ4n) is 8.43. The van der Waals surface area contributed by atoms with Crippen molar-refractivity contribution in [3.63, 3.8) is 0 Å². The van der Waals surface area contributed by atoms with E-state index >= 15 is 0 Å². The van der Waals surface area contributed by atoms with E-state index in [1.165, 1.54) is 12.8 Å². The maximum atomic E-state index is 14.0. The van der Waals surface area contributed by atoms with Crippen molar-refractivity contribution in [2.75, 3.05) is 0 Å². The van der Waals surface area contributed by atoms with Gasteiger partial charge in [0.2, 0.25) is 10.7 Å². The molecule has 0 aliphatic heterocycles. The summed E-state index contributed by atoms with van der Waals surface area (Å²) in [6.45, 7) is 0. The van der Waals surface area contributed by atoms with Crippen LogP contribution in [-0.4, -0.2) is 21.5 Å². The average molecular weight is 616 g/mol. The van der Waals surface area contributed by atoms with Gasteiger partial charge in [0, 0.05) is 11.1 Å². The zero-order valence-corrected chi connectivity index (χ0v) is 27.3. The monoisotopic (exact) mass is 615 g/mol. The molecule has 0 aromatic heterocycles. The molecule has 3 heteroatoms. The standard InChI is InChI=1S/C42H48O2P/c43-41(37-23-11-3-12-24-37,33-31-35-19-7-1-8-20-35)45(39-27-15-5-16-28-39,40-29-17-6-18-30-40)42(44,38-25-13-4-14-26-38)34-32-36-21-9-2-10-22-36/h1-4,7-14,19-26,31-34,39-40,43-44H,5-6,15-18,27-30H2/q+1/b33-31+,34-32+. The summed E-state index contributed by atoms with van der Waals surface area (Å²) in [5.41, 5.74) is 4.32. The SMILES string of the molecule is OC(/C=C/c1ccccc1)(c1ccccc1)[P+](C1CCCCC1)(C1CCCCC1)C(O)(/C=C/c1ccccc1)c1ccccc1. The van der Waals surface area contributed by atoms with Gasteiger partial charge < -0.3 is 10.2 Å². The molecule has 2 aliphatic carbocycles. The molecule has 0 heterocycles. The molecule has 4 aromatic rings. The molecular weight excluding hydrogens is 567 g/mol. The van der Waals surface area contributed by atoms with Gasteiger partial charge in [-0.25, -0.2) is 0 Å². The van der Waals surface area contributed by atoms with Crippen molar-refractivity contribution < 1.29 is 10.2 Å². The highest BCUT2D eigenvalue weighted by Crippen LogP contribution is 2.89. The lowest BCUT2D eigenvalue weighted by molar-refractivity contribution is 0.127. The summed E-state index contributed by atoms with van der Waals surface area (Å²) in [6, 6.07) is 41.3. The number of benzene rings is 4. The Balaban J connectivity index is 1.71. The molecule has 45 heavy (non-hydrogen) atoms. The third-order valence-electron chi connectivity index (χ3n) is 10.4. The Morgan fingerprint density at radius 1 is 0.444 bits per heavy atom. The van der Waals surface area contributed by atoms with Crippen molar-refractivity contribution in [2.45, 2.75) is 86.2 Å². The van der Waals surface area contributed by atoms with Gasteiger partial charge in [-0.15, -0.1) is 0 Å². The Labute approximate surface area is 270 Å². The Bertz CT molecular complexity index is 1400. The van der Waals surface area contributed by atoms with Crippen molar-refractivity contribution in [1.82, 2.24) is 0 Å². The van der Waals surface area contributed by atoms with E-state index in [4.69, 9.17) is 0 Å². The van der Waals surface area contributed by atoms with Crippen LogP contribution in [0, 0.1) is 0 Å². The quantitative estimate of drug-likeness (QED) is 0.174. The fraction of sp³-hybridized carbons (Fsp3) is 0.333. The summed E-state index contributed by atoms with van der Waals surface area (Å²) in [7, 11) is -2.87. The molecule has 2 atom stereocenters. The maximum Gasteiger partial charge on any atom is 0.223 e. The van der Waals surface area contributed by atoms with Crippen LogP contribution in [0.1, 0.15) is 86.5 Å². The van der Waals surface area contributed by atoms with Crippen molar-refractivity contribution in [3.05, 3.63) is 156 Å². The van der Waals surface area contributed by atoms with E-state index in [-0.39, 0.29) is 11.3 Å². The van der Waals surface area contributed by atoms with E-state index in [0.29, 0.717) is 0 Å². The smallest absolute Gasteiger partial charge is 0.223 e. The first-order chi connectivity index (χ1) is 22.1. The molecule has 0 spiro atoms. The zero-order chi connectivity index (χ0) is 31.0. The van der Waals surface area contributed by atoms with E-state index in [2.05, 4.69) is 121 Å². The Morgan fingerprint density at radius 2 is 0.756 bits per heavy atom. The first-order valence-corrected chi connectivity index (χ1v) is 18.9. The van der Waals surface area contributed by atoms with Gasteiger partial charge in [-0.2, -0.15) is 0 Å². The lowest BCUT2D eigenvalue weighted by Gasteiger charge is -2.56. The number of hydrogen-bond acceptors (Lipinski definition) is 2. The molecule has 2 saturated carbocycles. The van der Waals surface area contributed by atoms with Crippen molar-refractivity contribution >= 4 is 19.4 Å². The van der Waals surface area contributed by atoms with Gasteiger partial charge in [-0.3, -0.25) is 0 Å². The van der Waals surface area contributed by atoms with E-state index in [0.717, 1.165) is 73.6 Å². The molecule has 0 saturated heterocycles. The van der Waals surface area contributed by atoms with Crippen molar-refractivity contribution in [1.29, 1.82) is 0 Å². The minimum Gasteiger partial charge on any atom is -0.350 e. The second kappa shape index (κ2) is 14.4. The van der Waals surface area contributed by atoms with Gasteiger partial charge in [-0.05, 0) is 74.6 Å². The van der Waals surface area contributed by atoms with Gasteiger partial charge in [0.05, 0.1) is 11.3 Å². The Hall–Kier alpha value is -3.29. The minimum absolute atomic E-state index is 0.214. The average Bonchev–Trinajstić information content (AvgIpc) is 3.13. The molecule has 2 nitrogen and oxygen atoms in total. The van der Waals surface area contributed by atoms with Gasteiger partial charge in [0.15, 0.2) is 0 Å². The normalized spacial score (nSPS) is 19.8. The largest absolute Gasteiger partial charge is 0.350 e. The molecule has 232 valence electrons. The summed E-state index contributed by atoms with van der Waals surface area (Å²) < 4.78 is 0. The zero-order valence-electron chi connectivity index (χ0n) is 26.4. The molecule has 2 fully saturated rings.